The number of nitrogens with zero attached hydrogens (tertiary/aromatic N) is 1. The van der Waals surface area contributed by atoms with Crippen molar-refractivity contribution in [3.05, 3.63) is 0 Å². The minimum atomic E-state index is -3.25. The Morgan fingerprint density at radius 3 is 2.38 bits per heavy atom. The lowest BCUT2D eigenvalue weighted by molar-refractivity contribution is -0.120. The van der Waals surface area contributed by atoms with E-state index in [9.17, 15) is 13.2 Å². The number of ether oxygens (including phenoxy) is 1. The van der Waals surface area contributed by atoms with Crippen molar-refractivity contribution in [2.45, 2.75) is 32.8 Å². The van der Waals surface area contributed by atoms with Crippen LogP contribution in [0.4, 0.5) is 0 Å². The molecule has 6 heteroatoms. The Balaban J connectivity index is 2.41. The van der Waals surface area contributed by atoms with Crippen molar-refractivity contribution in [2.24, 2.45) is 0 Å². The first kappa shape index (κ1) is 13.6. The van der Waals surface area contributed by atoms with Gasteiger partial charge < -0.3 is 4.74 Å². The summed E-state index contributed by atoms with van der Waals surface area (Å²) in [4.78, 5) is 11.0. The topological polar surface area (TPSA) is 63.7 Å². The molecule has 1 aliphatic heterocycles. The third-order valence-electron chi connectivity index (χ3n) is 2.47. The fraction of sp³-hybridized carbons (Fsp3) is 0.900. The molecule has 1 heterocycles. The third-order valence-corrected chi connectivity index (χ3v) is 4.30. The molecule has 1 fully saturated rings. The number of carbonyl (C=O) groups is 1. The van der Waals surface area contributed by atoms with E-state index >= 15 is 0 Å². The number of hydrogen-bond donors (Lipinski definition) is 0. The van der Waals surface area contributed by atoms with Crippen molar-refractivity contribution in [3.63, 3.8) is 0 Å². The highest BCUT2D eigenvalue weighted by Crippen LogP contribution is 2.11. The Bertz CT molecular complexity index is 327. The van der Waals surface area contributed by atoms with Gasteiger partial charge >= 0.3 is 0 Å². The van der Waals surface area contributed by atoms with Crippen LogP contribution >= 0.6 is 0 Å². The van der Waals surface area contributed by atoms with Crippen molar-refractivity contribution in [1.82, 2.24) is 4.31 Å². The van der Waals surface area contributed by atoms with Crippen LogP contribution in [-0.2, 0) is 19.6 Å². The molecule has 16 heavy (non-hydrogen) atoms. The monoisotopic (exact) mass is 249 g/mol. The van der Waals surface area contributed by atoms with Crippen LogP contribution in [0.25, 0.3) is 0 Å². The molecule has 0 atom stereocenters. The van der Waals surface area contributed by atoms with Gasteiger partial charge in [0.15, 0.2) is 0 Å². The minimum absolute atomic E-state index is 0.000625. The highest BCUT2D eigenvalue weighted by molar-refractivity contribution is 7.89. The molecule has 0 bridgehead atoms. The Labute approximate surface area is 96.8 Å². The summed E-state index contributed by atoms with van der Waals surface area (Å²) in [6, 6.07) is 0. The average Bonchev–Trinajstić information content (AvgIpc) is 2.17. The SMILES string of the molecule is CC(C)OCCS(=O)(=O)N1CCC(=O)CC1. The second kappa shape index (κ2) is 5.75. The van der Waals surface area contributed by atoms with Gasteiger partial charge in [-0.05, 0) is 13.8 Å². The molecule has 1 rings (SSSR count). The van der Waals surface area contributed by atoms with Crippen LogP contribution in [0, 0.1) is 0 Å². The van der Waals surface area contributed by atoms with Crippen molar-refractivity contribution < 1.29 is 17.9 Å². The molecule has 0 aliphatic carbocycles. The first-order valence-corrected chi connectivity index (χ1v) is 7.14. The zero-order valence-electron chi connectivity index (χ0n) is 9.81. The van der Waals surface area contributed by atoms with Gasteiger partial charge in [0.05, 0.1) is 18.5 Å². The van der Waals surface area contributed by atoms with E-state index in [4.69, 9.17) is 4.74 Å². The second-order valence-corrected chi connectivity index (χ2v) is 6.26. The Morgan fingerprint density at radius 2 is 1.88 bits per heavy atom. The Hall–Kier alpha value is -0.460. The molecule has 0 saturated carbocycles. The van der Waals surface area contributed by atoms with Gasteiger partial charge in [0, 0.05) is 25.9 Å². The molecule has 5 nitrogen and oxygen atoms in total. The molecule has 0 spiro atoms. The van der Waals surface area contributed by atoms with Crippen molar-refractivity contribution in [3.8, 4) is 0 Å². The summed E-state index contributed by atoms with van der Waals surface area (Å²) in [6.07, 6.45) is 0.715. The number of Topliss-reactive ketones (excluding diaryl/α,β-unsaturated/α-hetero) is 1. The van der Waals surface area contributed by atoms with E-state index < -0.39 is 10.0 Å². The number of rotatable bonds is 5. The molecule has 0 amide bonds. The summed E-state index contributed by atoms with van der Waals surface area (Å²) in [7, 11) is -3.25. The summed E-state index contributed by atoms with van der Waals surface area (Å²) in [5.74, 6) is 0.143. The number of sulfonamides is 1. The van der Waals surface area contributed by atoms with E-state index in [1.807, 2.05) is 13.8 Å². The molecular formula is C10H19NO4S. The lowest BCUT2D eigenvalue weighted by atomic mass is 10.1. The van der Waals surface area contributed by atoms with E-state index in [1.54, 1.807) is 0 Å². The molecular weight excluding hydrogens is 230 g/mol. The molecule has 94 valence electrons. The molecule has 1 saturated heterocycles. The molecule has 0 unspecified atom stereocenters. The first-order valence-electron chi connectivity index (χ1n) is 5.53. The highest BCUT2D eigenvalue weighted by Gasteiger charge is 2.26. The number of ketones is 1. The normalized spacial score (nSPS) is 19.3. The molecule has 0 aromatic rings. The van der Waals surface area contributed by atoms with E-state index in [-0.39, 0.29) is 24.2 Å². The molecule has 0 aromatic heterocycles. The van der Waals surface area contributed by atoms with Gasteiger partial charge in [-0.2, -0.15) is 0 Å². The van der Waals surface area contributed by atoms with Crippen molar-refractivity contribution in [1.29, 1.82) is 0 Å². The van der Waals surface area contributed by atoms with Crippen molar-refractivity contribution in [2.75, 3.05) is 25.4 Å². The predicted octanol–water partition coefficient (Wildman–Crippen LogP) is 0.406. The maximum atomic E-state index is 11.8. The fourth-order valence-electron chi connectivity index (χ4n) is 1.53. The van der Waals surface area contributed by atoms with E-state index in [0.29, 0.717) is 25.9 Å². The van der Waals surface area contributed by atoms with Gasteiger partial charge in [-0.3, -0.25) is 4.79 Å². The molecule has 1 aliphatic rings. The molecule has 0 aromatic carbocycles. The zero-order chi connectivity index (χ0) is 12.2. The van der Waals surface area contributed by atoms with E-state index in [0.717, 1.165) is 0 Å². The number of hydrogen-bond acceptors (Lipinski definition) is 4. The van der Waals surface area contributed by atoms with E-state index in [2.05, 4.69) is 0 Å². The van der Waals surface area contributed by atoms with Gasteiger partial charge in [0.2, 0.25) is 10.0 Å². The standard InChI is InChI=1S/C10H19NO4S/c1-9(2)15-7-8-16(13,14)11-5-3-10(12)4-6-11/h9H,3-8H2,1-2H3. The van der Waals surface area contributed by atoms with Crippen LogP contribution in [0.5, 0.6) is 0 Å². The van der Waals surface area contributed by atoms with Gasteiger partial charge in [-0.1, -0.05) is 0 Å². The maximum Gasteiger partial charge on any atom is 0.216 e. The molecule has 0 N–H and O–H groups in total. The van der Waals surface area contributed by atoms with Crippen LogP contribution in [0.3, 0.4) is 0 Å². The lowest BCUT2D eigenvalue weighted by Gasteiger charge is -2.25. The van der Waals surface area contributed by atoms with Crippen LogP contribution in [0.15, 0.2) is 0 Å². The lowest BCUT2D eigenvalue weighted by Crippen LogP contribution is -2.40. The Morgan fingerprint density at radius 1 is 1.31 bits per heavy atom. The largest absolute Gasteiger partial charge is 0.378 e. The zero-order valence-corrected chi connectivity index (χ0v) is 10.6. The van der Waals surface area contributed by atoms with Crippen LogP contribution in [0.1, 0.15) is 26.7 Å². The average molecular weight is 249 g/mol. The minimum Gasteiger partial charge on any atom is -0.378 e. The summed E-state index contributed by atoms with van der Waals surface area (Å²) in [5.41, 5.74) is 0. The fourth-order valence-corrected chi connectivity index (χ4v) is 2.84. The predicted molar refractivity (Wildman–Crippen MR) is 60.7 cm³/mol. The van der Waals surface area contributed by atoms with Gasteiger partial charge in [0.25, 0.3) is 0 Å². The van der Waals surface area contributed by atoms with Gasteiger partial charge in [-0.25, -0.2) is 12.7 Å². The van der Waals surface area contributed by atoms with Gasteiger partial charge in [0.1, 0.15) is 5.78 Å². The van der Waals surface area contributed by atoms with Gasteiger partial charge in [-0.15, -0.1) is 0 Å². The van der Waals surface area contributed by atoms with Crippen molar-refractivity contribution >= 4 is 15.8 Å². The summed E-state index contributed by atoms with van der Waals surface area (Å²) in [5, 5.41) is 0. The van der Waals surface area contributed by atoms with Crippen LogP contribution in [0.2, 0.25) is 0 Å². The molecule has 0 radical (unpaired) electrons. The smallest absolute Gasteiger partial charge is 0.216 e. The number of carbonyl (C=O) groups excluding carboxylic acids is 1. The van der Waals surface area contributed by atoms with E-state index in [1.165, 1.54) is 4.31 Å². The third kappa shape index (κ3) is 4.19. The van der Waals surface area contributed by atoms with Crippen LogP contribution in [-0.4, -0.2) is 50.1 Å². The second-order valence-electron chi connectivity index (χ2n) is 4.17. The summed E-state index contributed by atoms with van der Waals surface area (Å²) in [6.45, 7) is 4.59. The number of piperidine rings is 1. The summed E-state index contributed by atoms with van der Waals surface area (Å²) >= 11 is 0. The Kier molecular flexibility index (Phi) is 4.89. The summed E-state index contributed by atoms with van der Waals surface area (Å²) < 4.78 is 30.2. The van der Waals surface area contributed by atoms with Crippen LogP contribution < -0.4 is 0 Å². The first-order chi connectivity index (χ1) is 7.42. The maximum absolute atomic E-state index is 11.8. The highest BCUT2D eigenvalue weighted by atomic mass is 32.2. The quantitative estimate of drug-likeness (QED) is 0.708.